The highest BCUT2D eigenvalue weighted by molar-refractivity contribution is 5.76. The van der Waals surface area contributed by atoms with Gasteiger partial charge in [0.2, 0.25) is 0 Å². The molecule has 0 aliphatic carbocycles. The van der Waals surface area contributed by atoms with Crippen molar-refractivity contribution < 1.29 is 18.0 Å². The smallest absolute Gasteiger partial charge is 0.336 e. The molecule has 14 heavy (non-hydrogen) atoms. The molecular weight excluding hydrogens is 197 g/mol. The summed E-state index contributed by atoms with van der Waals surface area (Å²) in [7, 11) is 0. The summed E-state index contributed by atoms with van der Waals surface area (Å²) in [6.07, 6.45) is -4.28. The first-order valence-corrected chi connectivity index (χ1v) is 4.33. The van der Waals surface area contributed by atoms with E-state index in [4.69, 9.17) is 0 Å². The normalized spacial score (nSPS) is 18.6. The minimum absolute atomic E-state index is 0.289. The van der Waals surface area contributed by atoms with Crippen LogP contribution in [0.5, 0.6) is 0 Å². The highest BCUT2D eigenvalue weighted by atomic mass is 19.4. The Hall–Kier alpha value is -0.940. The summed E-state index contributed by atoms with van der Waals surface area (Å²) >= 11 is 0. The van der Waals surface area contributed by atoms with Gasteiger partial charge >= 0.3 is 12.2 Å². The molecule has 1 fully saturated rings. The van der Waals surface area contributed by atoms with E-state index in [1.165, 1.54) is 4.90 Å². The summed E-state index contributed by atoms with van der Waals surface area (Å²) in [6.45, 7) is 2.67. The summed E-state index contributed by atoms with van der Waals surface area (Å²) in [6, 6.07) is -0.415. The predicted molar refractivity (Wildman–Crippen MR) is 44.8 cm³/mol. The Labute approximate surface area is 80.3 Å². The van der Waals surface area contributed by atoms with E-state index in [0.29, 0.717) is 13.1 Å². The van der Waals surface area contributed by atoms with Crippen molar-refractivity contribution in [1.82, 2.24) is 10.2 Å². The standard InChI is InChI=1S/C8H13F3N2O/c1-7(2,8(9,10)11)5-13-4-3-12-6(13)14/h3-5H2,1-2H3,(H,12,14). The van der Waals surface area contributed by atoms with Crippen LogP contribution in [-0.2, 0) is 0 Å². The summed E-state index contributed by atoms with van der Waals surface area (Å²) in [5, 5.41) is 2.46. The molecule has 0 atom stereocenters. The minimum Gasteiger partial charge on any atom is -0.336 e. The van der Waals surface area contributed by atoms with Gasteiger partial charge in [0.25, 0.3) is 0 Å². The van der Waals surface area contributed by atoms with Gasteiger partial charge in [0, 0.05) is 19.6 Å². The van der Waals surface area contributed by atoms with Gasteiger partial charge in [-0.05, 0) is 13.8 Å². The van der Waals surface area contributed by atoms with Crippen molar-refractivity contribution >= 4 is 6.03 Å². The van der Waals surface area contributed by atoms with E-state index in [-0.39, 0.29) is 6.54 Å². The molecule has 0 bridgehead atoms. The Kier molecular flexibility index (Phi) is 2.65. The van der Waals surface area contributed by atoms with Crippen LogP contribution in [0.3, 0.4) is 0 Å². The summed E-state index contributed by atoms with van der Waals surface area (Å²) < 4.78 is 37.4. The lowest BCUT2D eigenvalue weighted by atomic mass is 9.92. The van der Waals surface area contributed by atoms with Crippen LogP contribution in [0.1, 0.15) is 13.8 Å². The van der Waals surface area contributed by atoms with Gasteiger partial charge in [-0.3, -0.25) is 0 Å². The quantitative estimate of drug-likeness (QED) is 0.737. The predicted octanol–water partition coefficient (Wildman–Crippen LogP) is 1.60. The van der Waals surface area contributed by atoms with E-state index in [9.17, 15) is 18.0 Å². The van der Waals surface area contributed by atoms with E-state index in [2.05, 4.69) is 5.32 Å². The number of carbonyl (C=O) groups is 1. The fourth-order valence-corrected chi connectivity index (χ4v) is 1.23. The Morgan fingerprint density at radius 3 is 2.36 bits per heavy atom. The third kappa shape index (κ3) is 2.10. The molecule has 1 heterocycles. The van der Waals surface area contributed by atoms with E-state index < -0.39 is 17.6 Å². The zero-order chi connectivity index (χ0) is 11.0. The van der Waals surface area contributed by atoms with E-state index in [1.807, 2.05) is 0 Å². The Morgan fingerprint density at radius 2 is 2.00 bits per heavy atom. The van der Waals surface area contributed by atoms with Crippen LogP contribution in [0.4, 0.5) is 18.0 Å². The number of urea groups is 1. The average Bonchev–Trinajstić information content (AvgIpc) is 2.33. The fourth-order valence-electron chi connectivity index (χ4n) is 1.23. The summed E-state index contributed by atoms with van der Waals surface area (Å²) in [5.74, 6) is 0. The van der Waals surface area contributed by atoms with Crippen LogP contribution in [0.2, 0.25) is 0 Å². The van der Waals surface area contributed by atoms with Crippen molar-refractivity contribution in [2.75, 3.05) is 19.6 Å². The number of nitrogens with zero attached hydrogens (tertiary/aromatic N) is 1. The van der Waals surface area contributed by atoms with Crippen LogP contribution < -0.4 is 5.32 Å². The van der Waals surface area contributed by atoms with Crippen LogP contribution in [0, 0.1) is 5.41 Å². The van der Waals surface area contributed by atoms with Crippen molar-refractivity contribution in [3.05, 3.63) is 0 Å². The lowest BCUT2D eigenvalue weighted by Gasteiger charge is -2.31. The zero-order valence-electron chi connectivity index (χ0n) is 8.11. The molecule has 3 nitrogen and oxygen atoms in total. The number of nitrogens with one attached hydrogen (secondary N) is 1. The molecule has 0 aromatic heterocycles. The molecule has 1 saturated heterocycles. The second-order valence-electron chi connectivity index (χ2n) is 4.04. The first kappa shape index (κ1) is 11.1. The van der Waals surface area contributed by atoms with Gasteiger partial charge in [-0.25, -0.2) is 4.79 Å². The number of hydrogen-bond donors (Lipinski definition) is 1. The maximum atomic E-state index is 12.5. The molecule has 1 rings (SSSR count). The lowest BCUT2D eigenvalue weighted by molar-refractivity contribution is -0.214. The molecule has 1 aliphatic rings. The van der Waals surface area contributed by atoms with Crippen LogP contribution in [-0.4, -0.2) is 36.7 Å². The third-order valence-corrected chi connectivity index (χ3v) is 2.30. The number of halogens is 3. The molecule has 1 aliphatic heterocycles. The van der Waals surface area contributed by atoms with Crippen LogP contribution >= 0.6 is 0 Å². The number of hydrogen-bond acceptors (Lipinski definition) is 1. The van der Waals surface area contributed by atoms with Gasteiger partial charge in [-0.2, -0.15) is 13.2 Å². The topological polar surface area (TPSA) is 32.3 Å². The number of amides is 2. The van der Waals surface area contributed by atoms with E-state index in [0.717, 1.165) is 13.8 Å². The van der Waals surface area contributed by atoms with Gasteiger partial charge in [-0.15, -0.1) is 0 Å². The molecule has 0 radical (unpaired) electrons. The second kappa shape index (κ2) is 3.33. The van der Waals surface area contributed by atoms with Gasteiger partial charge < -0.3 is 10.2 Å². The molecule has 0 aromatic rings. The molecule has 0 aromatic carbocycles. The molecule has 0 unspecified atom stereocenters. The van der Waals surface area contributed by atoms with Crippen molar-refractivity contribution in [3.63, 3.8) is 0 Å². The number of rotatable bonds is 2. The molecule has 0 saturated carbocycles. The van der Waals surface area contributed by atoms with E-state index >= 15 is 0 Å². The van der Waals surface area contributed by atoms with Crippen molar-refractivity contribution in [2.24, 2.45) is 5.41 Å². The van der Waals surface area contributed by atoms with Crippen molar-refractivity contribution in [2.45, 2.75) is 20.0 Å². The first-order valence-electron chi connectivity index (χ1n) is 4.33. The maximum absolute atomic E-state index is 12.5. The van der Waals surface area contributed by atoms with Gasteiger partial charge in [0.1, 0.15) is 0 Å². The molecule has 6 heteroatoms. The largest absolute Gasteiger partial charge is 0.395 e. The highest BCUT2D eigenvalue weighted by Crippen LogP contribution is 2.38. The van der Waals surface area contributed by atoms with Crippen molar-refractivity contribution in [3.8, 4) is 0 Å². The average molecular weight is 210 g/mol. The van der Waals surface area contributed by atoms with Gasteiger partial charge in [0.05, 0.1) is 5.41 Å². The Balaban J connectivity index is 2.63. The van der Waals surface area contributed by atoms with Gasteiger partial charge in [0.15, 0.2) is 0 Å². The molecule has 82 valence electrons. The van der Waals surface area contributed by atoms with Crippen molar-refractivity contribution in [1.29, 1.82) is 0 Å². The molecular formula is C8H13F3N2O. The zero-order valence-corrected chi connectivity index (χ0v) is 8.11. The van der Waals surface area contributed by atoms with Crippen LogP contribution in [0.15, 0.2) is 0 Å². The molecule has 0 spiro atoms. The van der Waals surface area contributed by atoms with Crippen LogP contribution in [0.25, 0.3) is 0 Å². The highest BCUT2D eigenvalue weighted by Gasteiger charge is 2.49. The monoisotopic (exact) mass is 210 g/mol. The second-order valence-corrected chi connectivity index (χ2v) is 4.04. The van der Waals surface area contributed by atoms with E-state index in [1.54, 1.807) is 0 Å². The number of alkyl halides is 3. The Bertz CT molecular complexity index is 237. The summed E-state index contributed by atoms with van der Waals surface area (Å²) in [5.41, 5.74) is -1.85. The SMILES string of the molecule is CC(C)(CN1CCNC1=O)C(F)(F)F. The number of carbonyl (C=O) groups excluding carboxylic acids is 1. The molecule has 1 N–H and O–H groups in total. The maximum Gasteiger partial charge on any atom is 0.395 e. The lowest BCUT2D eigenvalue weighted by Crippen LogP contribution is -2.44. The third-order valence-electron chi connectivity index (χ3n) is 2.30. The fraction of sp³-hybridized carbons (Fsp3) is 0.875. The van der Waals surface area contributed by atoms with Gasteiger partial charge in [-0.1, -0.05) is 0 Å². The first-order chi connectivity index (χ1) is 6.24. The summed E-state index contributed by atoms with van der Waals surface area (Å²) in [4.78, 5) is 12.2. The Morgan fingerprint density at radius 1 is 1.43 bits per heavy atom. The molecule has 2 amide bonds. The minimum atomic E-state index is -4.28.